The Morgan fingerprint density at radius 2 is 1.67 bits per heavy atom. The maximum Gasteiger partial charge on any atom is 0.163 e. The monoisotopic (exact) mass is 361 g/mol. The molecule has 0 saturated carbocycles. The molecule has 0 radical (unpaired) electrons. The molecule has 0 fully saturated rings. The first-order valence-electron chi connectivity index (χ1n) is 10.0. The van der Waals surface area contributed by atoms with E-state index in [1.54, 1.807) is 0 Å². The summed E-state index contributed by atoms with van der Waals surface area (Å²) < 4.78 is 2.33. The van der Waals surface area contributed by atoms with E-state index in [0.29, 0.717) is 5.92 Å². The number of unbranched alkanes of at least 4 members (excludes halogenated alkanes) is 1. The van der Waals surface area contributed by atoms with Gasteiger partial charge in [0.2, 0.25) is 0 Å². The Morgan fingerprint density at radius 1 is 0.963 bits per heavy atom. The van der Waals surface area contributed by atoms with Gasteiger partial charge in [0.05, 0.1) is 5.69 Å². The van der Waals surface area contributed by atoms with Crippen molar-refractivity contribution in [3.63, 3.8) is 0 Å². The highest BCUT2D eigenvalue weighted by Crippen LogP contribution is 2.29. The fourth-order valence-electron chi connectivity index (χ4n) is 3.76. The summed E-state index contributed by atoms with van der Waals surface area (Å²) in [6, 6.07) is 8.79. The SMILES string of the molecule is CCCCc1cnc(-c2ccc(C(C)C)cn2)n1-c1c(C)cc(C)cc1C. The van der Waals surface area contributed by atoms with Gasteiger partial charge in [-0.05, 0) is 62.3 Å². The topological polar surface area (TPSA) is 30.7 Å². The lowest BCUT2D eigenvalue weighted by Gasteiger charge is -2.18. The largest absolute Gasteiger partial charge is 0.295 e. The smallest absolute Gasteiger partial charge is 0.163 e. The maximum absolute atomic E-state index is 4.80. The molecule has 3 nitrogen and oxygen atoms in total. The van der Waals surface area contributed by atoms with E-state index in [0.717, 1.165) is 24.4 Å². The first-order valence-corrected chi connectivity index (χ1v) is 10.0. The molecular formula is C24H31N3. The molecular weight excluding hydrogens is 330 g/mol. The van der Waals surface area contributed by atoms with E-state index in [1.807, 2.05) is 12.4 Å². The zero-order chi connectivity index (χ0) is 19.6. The number of imidazole rings is 1. The second-order valence-corrected chi connectivity index (χ2v) is 7.89. The van der Waals surface area contributed by atoms with Crippen LogP contribution in [0.15, 0.2) is 36.7 Å². The van der Waals surface area contributed by atoms with Crippen molar-refractivity contribution in [1.82, 2.24) is 14.5 Å². The molecule has 3 rings (SSSR count). The van der Waals surface area contributed by atoms with Crippen molar-refractivity contribution in [3.05, 3.63) is 64.6 Å². The summed E-state index contributed by atoms with van der Waals surface area (Å²) in [6.07, 6.45) is 7.38. The van der Waals surface area contributed by atoms with E-state index >= 15 is 0 Å². The number of rotatable bonds is 6. The number of pyridine rings is 1. The van der Waals surface area contributed by atoms with Crippen LogP contribution in [0.25, 0.3) is 17.2 Å². The minimum Gasteiger partial charge on any atom is -0.295 e. The van der Waals surface area contributed by atoms with Crippen LogP contribution < -0.4 is 0 Å². The van der Waals surface area contributed by atoms with Crippen LogP contribution in [0.1, 0.15) is 67.5 Å². The molecule has 0 amide bonds. The highest BCUT2D eigenvalue weighted by molar-refractivity contribution is 5.60. The Labute approximate surface area is 163 Å². The van der Waals surface area contributed by atoms with Gasteiger partial charge in [-0.2, -0.15) is 0 Å². The molecule has 0 unspecified atom stereocenters. The van der Waals surface area contributed by atoms with E-state index in [9.17, 15) is 0 Å². The highest BCUT2D eigenvalue weighted by Gasteiger charge is 2.18. The van der Waals surface area contributed by atoms with Crippen LogP contribution in [0.5, 0.6) is 0 Å². The van der Waals surface area contributed by atoms with Crippen LogP contribution >= 0.6 is 0 Å². The van der Waals surface area contributed by atoms with Crippen molar-refractivity contribution >= 4 is 0 Å². The molecule has 142 valence electrons. The third-order valence-corrected chi connectivity index (χ3v) is 5.16. The van der Waals surface area contributed by atoms with Gasteiger partial charge < -0.3 is 0 Å². The van der Waals surface area contributed by atoms with Gasteiger partial charge in [-0.1, -0.05) is 51.0 Å². The van der Waals surface area contributed by atoms with Gasteiger partial charge in [-0.3, -0.25) is 9.55 Å². The summed E-state index contributed by atoms with van der Waals surface area (Å²) in [5, 5.41) is 0. The Morgan fingerprint density at radius 3 is 2.22 bits per heavy atom. The molecule has 0 aliphatic carbocycles. The van der Waals surface area contributed by atoms with Gasteiger partial charge in [0.25, 0.3) is 0 Å². The Hall–Kier alpha value is -2.42. The van der Waals surface area contributed by atoms with Crippen molar-refractivity contribution in [2.24, 2.45) is 0 Å². The van der Waals surface area contributed by atoms with E-state index < -0.39 is 0 Å². The minimum absolute atomic E-state index is 0.480. The summed E-state index contributed by atoms with van der Waals surface area (Å²) >= 11 is 0. The Kier molecular flexibility index (Phi) is 5.79. The molecule has 0 N–H and O–H groups in total. The number of benzene rings is 1. The molecule has 0 saturated heterocycles. The van der Waals surface area contributed by atoms with Crippen LogP contribution in [-0.4, -0.2) is 14.5 Å². The van der Waals surface area contributed by atoms with Crippen molar-refractivity contribution in [1.29, 1.82) is 0 Å². The van der Waals surface area contributed by atoms with Gasteiger partial charge >= 0.3 is 0 Å². The molecule has 0 atom stereocenters. The minimum atomic E-state index is 0.480. The predicted molar refractivity (Wildman–Crippen MR) is 114 cm³/mol. The van der Waals surface area contributed by atoms with E-state index in [1.165, 1.54) is 40.1 Å². The highest BCUT2D eigenvalue weighted by atomic mass is 15.1. The summed E-state index contributed by atoms with van der Waals surface area (Å²) in [4.78, 5) is 9.54. The normalized spacial score (nSPS) is 11.4. The van der Waals surface area contributed by atoms with E-state index in [-0.39, 0.29) is 0 Å². The van der Waals surface area contributed by atoms with Crippen molar-refractivity contribution < 1.29 is 0 Å². The lowest BCUT2D eigenvalue weighted by molar-refractivity contribution is 0.759. The van der Waals surface area contributed by atoms with Crippen LogP contribution in [0.2, 0.25) is 0 Å². The van der Waals surface area contributed by atoms with Crippen molar-refractivity contribution in [2.45, 2.75) is 66.7 Å². The van der Waals surface area contributed by atoms with Crippen molar-refractivity contribution in [3.8, 4) is 17.2 Å². The number of hydrogen-bond acceptors (Lipinski definition) is 2. The third kappa shape index (κ3) is 3.97. The van der Waals surface area contributed by atoms with E-state index in [4.69, 9.17) is 9.97 Å². The molecule has 3 aromatic rings. The molecule has 1 aromatic carbocycles. The first kappa shape index (κ1) is 19.3. The molecule has 2 aromatic heterocycles. The summed E-state index contributed by atoms with van der Waals surface area (Å²) in [5.41, 5.74) is 8.55. The number of hydrogen-bond donors (Lipinski definition) is 0. The first-order chi connectivity index (χ1) is 12.9. The molecule has 27 heavy (non-hydrogen) atoms. The number of nitrogens with zero attached hydrogens (tertiary/aromatic N) is 3. The van der Waals surface area contributed by atoms with Gasteiger partial charge in [0, 0.05) is 18.1 Å². The lowest BCUT2D eigenvalue weighted by atomic mass is 10.0. The second kappa shape index (κ2) is 8.08. The standard InChI is InChI=1S/C24H31N3/c1-7-8-9-21-15-26-24(22-11-10-20(14-25-22)16(2)3)27(21)23-18(5)12-17(4)13-19(23)6/h10-16H,7-9H2,1-6H3. The summed E-state index contributed by atoms with van der Waals surface area (Å²) in [5.74, 6) is 1.42. The average molecular weight is 362 g/mol. The summed E-state index contributed by atoms with van der Waals surface area (Å²) in [7, 11) is 0. The molecule has 2 heterocycles. The molecule has 0 aliphatic rings. The Balaban J connectivity index is 2.17. The Bertz CT molecular complexity index is 894. The van der Waals surface area contributed by atoms with Gasteiger partial charge in [-0.15, -0.1) is 0 Å². The quantitative estimate of drug-likeness (QED) is 0.514. The van der Waals surface area contributed by atoms with Gasteiger partial charge in [0.1, 0.15) is 5.69 Å². The second-order valence-electron chi connectivity index (χ2n) is 7.89. The van der Waals surface area contributed by atoms with Crippen LogP contribution in [0, 0.1) is 20.8 Å². The molecule has 0 bridgehead atoms. The lowest BCUT2D eigenvalue weighted by Crippen LogP contribution is -2.08. The molecule has 0 aliphatic heterocycles. The van der Waals surface area contributed by atoms with Crippen LogP contribution in [0.4, 0.5) is 0 Å². The zero-order valence-corrected chi connectivity index (χ0v) is 17.5. The number of aromatic nitrogens is 3. The average Bonchev–Trinajstić information content (AvgIpc) is 3.02. The van der Waals surface area contributed by atoms with Crippen molar-refractivity contribution in [2.75, 3.05) is 0 Å². The zero-order valence-electron chi connectivity index (χ0n) is 17.5. The summed E-state index contributed by atoms with van der Waals surface area (Å²) in [6.45, 7) is 13.2. The fraction of sp³-hybridized carbons (Fsp3) is 0.417. The third-order valence-electron chi connectivity index (χ3n) is 5.16. The van der Waals surface area contributed by atoms with Crippen LogP contribution in [0.3, 0.4) is 0 Å². The van der Waals surface area contributed by atoms with E-state index in [2.05, 4.69) is 70.4 Å². The van der Waals surface area contributed by atoms with Gasteiger partial charge in [-0.25, -0.2) is 4.98 Å². The molecule has 3 heteroatoms. The van der Waals surface area contributed by atoms with Crippen LogP contribution in [-0.2, 0) is 6.42 Å². The predicted octanol–water partition coefficient (Wildman–Crippen LogP) is 6.33. The number of aryl methyl sites for hydroxylation is 4. The molecule has 0 spiro atoms. The van der Waals surface area contributed by atoms with Gasteiger partial charge in [0.15, 0.2) is 5.82 Å². The fourth-order valence-corrected chi connectivity index (χ4v) is 3.76. The maximum atomic E-state index is 4.80.